The largest absolute Gasteiger partial charge is 0.402 e. The highest BCUT2D eigenvalue weighted by molar-refractivity contribution is 6.03. The third-order valence-electron chi connectivity index (χ3n) is 5.67. The van der Waals surface area contributed by atoms with Crippen LogP contribution in [-0.4, -0.2) is 47.1 Å². The second-order valence-corrected chi connectivity index (χ2v) is 8.11. The highest BCUT2D eigenvalue weighted by Gasteiger charge is 2.14. The lowest BCUT2D eigenvalue weighted by Crippen LogP contribution is -2.43. The number of aliphatic imine (C=N–C) groups is 1. The lowest BCUT2D eigenvalue weighted by Gasteiger charge is -2.29. The summed E-state index contributed by atoms with van der Waals surface area (Å²) >= 11 is 0. The molecular formula is C29H37N7. The van der Waals surface area contributed by atoms with Gasteiger partial charge in [0.25, 0.3) is 0 Å². The van der Waals surface area contributed by atoms with Crippen molar-refractivity contribution in [3.63, 3.8) is 0 Å². The molecule has 3 aromatic carbocycles. The molecule has 1 saturated heterocycles. The molecule has 0 aliphatic carbocycles. The van der Waals surface area contributed by atoms with Gasteiger partial charge in [-0.25, -0.2) is 4.99 Å². The predicted octanol–water partition coefficient (Wildman–Crippen LogP) is 4.62. The van der Waals surface area contributed by atoms with E-state index in [1.165, 1.54) is 11.8 Å². The van der Waals surface area contributed by atoms with Gasteiger partial charge in [-0.1, -0.05) is 80.1 Å². The maximum absolute atomic E-state index is 6.31. The van der Waals surface area contributed by atoms with Gasteiger partial charge in [0.15, 0.2) is 0 Å². The van der Waals surface area contributed by atoms with Crippen LogP contribution in [-0.2, 0) is 0 Å². The maximum atomic E-state index is 6.31. The van der Waals surface area contributed by atoms with Crippen molar-refractivity contribution in [3.05, 3.63) is 102 Å². The highest BCUT2D eigenvalue weighted by atomic mass is 15.3. The fourth-order valence-corrected chi connectivity index (χ4v) is 3.82. The third-order valence-corrected chi connectivity index (χ3v) is 5.67. The minimum Gasteiger partial charge on any atom is -0.402 e. The number of aromatic amines is 1. The van der Waals surface area contributed by atoms with Crippen LogP contribution in [0.2, 0.25) is 0 Å². The van der Waals surface area contributed by atoms with Crippen LogP contribution in [0.15, 0.2) is 95.9 Å². The molecule has 4 aromatic rings. The molecule has 5 rings (SSSR count). The Labute approximate surface area is 213 Å². The Morgan fingerprint density at radius 3 is 2.17 bits per heavy atom. The van der Waals surface area contributed by atoms with E-state index in [0.717, 1.165) is 53.9 Å². The molecule has 188 valence electrons. The van der Waals surface area contributed by atoms with E-state index in [0.29, 0.717) is 11.7 Å². The molecule has 1 aliphatic heterocycles. The molecule has 0 bridgehead atoms. The number of hydrogen-bond acceptors (Lipinski definition) is 5. The standard InChI is InChI=1S/C20H23N7.C7H8.C2H6/c21-13-18(27-10-8-23-9-11-27)24-20(22)15-6-7-17-16(12-15)19(26-25-17)14-4-2-1-3-5-14;1-7-5-3-2-4-6-7;1-2/h1-7,12-13,23H,8-11,21H2,(H2,22,24)(H,25,26);2-6H,1H3;1-2H3/b18-13+;;. The quantitative estimate of drug-likeness (QED) is 0.250. The van der Waals surface area contributed by atoms with Gasteiger partial charge in [0.05, 0.1) is 11.2 Å². The maximum Gasteiger partial charge on any atom is 0.146 e. The molecule has 1 aliphatic rings. The number of nitrogens with one attached hydrogen (secondary N) is 2. The van der Waals surface area contributed by atoms with Crippen LogP contribution in [0, 0.1) is 6.92 Å². The van der Waals surface area contributed by atoms with Gasteiger partial charge in [-0.05, 0) is 25.1 Å². The van der Waals surface area contributed by atoms with Crippen LogP contribution in [0.1, 0.15) is 25.0 Å². The van der Waals surface area contributed by atoms with Crippen molar-refractivity contribution in [2.75, 3.05) is 26.2 Å². The van der Waals surface area contributed by atoms with Crippen LogP contribution in [0.4, 0.5) is 0 Å². The fraction of sp³-hybridized carbons (Fsp3) is 0.241. The number of fused-ring (bicyclic) bond motifs is 1. The Bertz CT molecular complexity index is 1250. The normalized spacial score (nSPS) is 13.9. The average Bonchev–Trinajstić information content (AvgIpc) is 3.38. The van der Waals surface area contributed by atoms with Gasteiger partial charge in [0, 0.05) is 48.9 Å². The van der Waals surface area contributed by atoms with Gasteiger partial charge in [-0.15, -0.1) is 0 Å². The zero-order valence-electron chi connectivity index (χ0n) is 21.4. The van der Waals surface area contributed by atoms with E-state index in [2.05, 4.69) is 44.5 Å². The van der Waals surface area contributed by atoms with Gasteiger partial charge >= 0.3 is 0 Å². The third kappa shape index (κ3) is 6.96. The summed E-state index contributed by atoms with van der Waals surface area (Å²) in [5.41, 5.74) is 17.2. The van der Waals surface area contributed by atoms with Crippen molar-refractivity contribution < 1.29 is 0 Å². The zero-order valence-corrected chi connectivity index (χ0v) is 21.4. The Morgan fingerprint density at radius 1 is 0.944 bits per heavy atom. The smallest absolute Gasteiger partial charge is 0.146 e. The number of aryl methyl sites for hydroxylation is 1. The van der Waals surface area contributed by atoms with Gasteiger partial charge in [0.1, 0.15) is 11.7 Å². The number of nitrogens with two attached hydrogens (primary N) is 2. The number of hydrogen-bond donors (Lipinski definition) is 4. The molecule has 0 amide bonds. The first-order valence-electron chi connectivity index (χ1n) is 12.4. The van der Waals surface area contributed by atoms with Crippen molar-refractivity contribution in [1.29, 1.82) is 0 Å². The van der Waals surface area contributed by atoms with Crippen molar-refractivity contribution in [2.45, 2.75) is 20.8 Å². The number of amidine groups is 1. The number of aromatic nitrogens is 2. The number of H-pyrrole nitrogens is 1. The minimum atomic E-state index is 0.437. The Balaban J connectivity index is 0.000000342. The van der Waals surface area contributed by atoms with Crippen molar-refractivity contribution in [1.82, 2.24) is 20.4 Å². The van der Waals surface area contributed by atoms with E-state index in [-0.39, 0.29) is 0 Å². The molecule has 36 heavy (non-hydrogen) atoms. The number of rotatable bonds is 4. The highest BCUT2D eigenvalue weighted by Crippen LogP contribution is 2.27. The summed E-state index contributed by atoms with van der Waals surface area (Å²) < 4.78 is 0. The average molecular weight is 484 g/mol. The molecule has 2 heterocycles. The summed E-state index contributed by atoms with van der Waals surface area (Å²) in [5, 5.41) is 11.9. The van der Waals surface area contributed by atoms with Crippen LogP contribution in [0.5, 0.6) is 0 Å². The van der Waals surface area contributed by atoms with E-state index >= 15 is 0 Å². The number of nitrogens with zero attached hydrogens (tertiary/aromatic N) is 3. The molecule has 0 atom stereocenters. The summed E-state index contributed by atoms with van der Waals surface area (Å²) in [6.07, 6.45) is 1.52. The van der Waals surface area contributed by atoms with Crippen LogP contribution in [0.25, 0.3) is 22.2 Å². The lowest BCUT2D eigenvalue weighted by atomic mass is 10.1. The van der Waals surface area contributed by atoms with Crippen LogP contribution in [0.3, 0.4) is 0 Å². The van der Waals surface area contributed by atoms with Crippen molar-refractivity contribution >= 4 is 16.7 Å². The van der Waals surface area contributed by atoms with E-state index in [4.69, 9.17) is 11.5 Å². The predicted molar refractivity (Wildman–Crippen MR) is 151 cm³/mol. The summed E-state index contributed by atoms with van der Waals surface area (Å²) in [6, 6.07) is 26.3. The molecule has 7 nitrogen and oxygen atoms in total. The first-order chi connectivity index (χ1) is 17.7. The molecule has 0 saturated carbocycles. The Kier molecular flexibility index (Phi) is 10.1. The van der Waals surface area contributed by atoms with Gasteiger partial charge in [-0.3, -0.25) is 5.10 Å². The molecule has 1 aromatic heterocycles. The van der Waals surface area contributed by atoms with Gasteiger partial charge < -0.3 is 21.7 Å². The SMILES string of the molecule is CC.Cc1ccccc1.N/C=C(\N=C(/N)c1ccc2[nH]nc(-c3ccccc3)c2c1)N1CCNCC1. The summed E-state index contributed by atoms with van der Waals surface area (Å²) in [5.74, 6) is 1.14. The first-order valence-corrected chi connectivity index (χ1v) is 12.4. The second-order valence-electron chi connectivity index (χ2n) is 8.11. The monoisotopic (exact) mass is 483 g/mol. The fourth-order valence-electron chi connectivity index (χ4n) is 3.82. The Hall–Kier alpha value is -4.10. The second kappa shape index (κ2) is 13.7. The van der Waals surface area contributed by atoms with E-state index in [9.17, 15) is 0 Å². The van der Waals surface area contributed by atoms with E-state index in [1.54, 1.807) is 0 Å². The van der Waals surface area contributed by atoms with Gasteiger partial charge in [-0.2, -0.15) is 5.10 Å². The first kappa shape index (κ1) is 26.5. The van der Waals surface area contributed by atoms with Crippen LogP contribution < -0.4 is 16.8 Å². The molecule has 7 heteroatoms. The number of piperazine rings is 1. The molecule has 1 fully saturated rings. The van der Waals surface area contributed by atoms with Crippen molar-refractivity contribution in [3.8, 4) is 11.3 Å². The topological polar surface area (TPSA) is 108 Å². The molecule has 0 unspecified atom stereocenters. The number of benzene rings is 3. The van der Waals surface area contributed by atoms with E-state index < -0.39 is 0 Å². The summed E-state index contributed by atoms with van der Waals surface area (Å²) in [7, 11) is 0. The van der Waals surface area contributed by atoms with E-state index in [1.807, 2.05) is 80.6 Å². The summed E-state index contributed by atoms with van der Waals surface area (Å²) in [4.78, 5) is 6.71. The van der Waals surface area contributed by atoms with Gasteiger partial charge in [0.2, 0.25) is 0 Å². The molecular weight excluding hydrogens is 446 g/mol. The molecule has 6 N–H and O–H groups in total. The molecule has 0 spiro atoms. The zero-order chi connectivity index (χ0) is 25.8. The summed E-state index contributed by atoms with van der Waals surface area (Å²) in [6.45, 7) is 9.62. The minimum absolute atomic E-state index is 0.437. The van der Waals surface area contributed by atoms with Crippen molar-refractivity contribution in [2.24, 2.45) is 16.5 Å². The lowest BCUT2D eigenvalue weighted by molar-refractivity contribution is 0.296. The van der Waals surface area contributed by atoms with Crippen LogP contribution >= 0.6 is 0 Å². The Morgan fingerprint density at radius 2 is 1.58 bits per heavy atom. The molecule has 0 radical (unpaired) electrons.